The predicted octanol–water partition coefficient (Wildman–Crippen LogP) is 2.47. The van der Waals surface area contributed by atoms with Crippen molar-refractivity contribution in [3.8, 4) is 0 Å². The van der Waals surface area contributed by atoms with Gasteiger partial charge in [0.1, 0.15) is 6.23 Å². The first-order valence-corrected chi connectivity index (χ1v) is 6.01. The maximum atomic E-state index is 9.76. The van der Waals surface area contributed by atoms with E-state index in [0.717, 1.165) is 18.3 Å². The van der Waals surface area contributed by atoms with Crippen molar-refractivity contribution < 1.29 is 5.11 Å². The van der Waals surface area contributed by atoms with Gasteiger partial charge in [-0.25, -0.2) is 0 Å². The lowest BCUT2D eigenvalue weighted by molar-refractivity contribution is -0.0655. The van der Waals surface area contributed by atoms with Crippen molar-refractivity contribution in [1.82, 2.24) is 4.90 Å². The molecule has 2 nitrogen and oxygen atoms in total. The van der Waals surface area contributed by atoms with Crippen molar-refractivity contribution in [1.29, 1.82) is 0 Å². The van der Waals surface area contributed by atoms with Crippen LogP contribution in [0.2, 0.25) is 0 Å². The summed E-state index contributed by atoms with van der Waals surface area (Å²) in [4.78, 5) is 2.17. The lowest BCUT2D eigenvalue weighted by Crippen LogP contribution is -2.51. The monoisotopic (exact) mass is 199 g/mol. The fourth-order valence-electron chi connectivity index (χ4n) is 2.49. The molecule has 1 rings (SSSR count). The summed E-state index contributed by atoms with van der Waals surface area (Å²) < 4.78 is 0. The van der Waals surface area contributed by atoms with E-state index in [1.165, 1.54) is 19.3 Å². The Bertz CT molecular complexity index is 160. The topological polar surface area (TPSA) is 23.5 Å². The zero-order chi connectivity index (χ0) is 10.7. The number of aliphatic hydroxyl groups excluding tert-OH is 1. The van der Waals surface area contributed by atoms with Gasteiger partial charge in [0.15, 0.2) is 0 Å². The summed E-state index contributed by atoms with van der Waals surface area (Å²) in [7, 11) is 2.06. The largest absolute Gasteiger partial charge is 0.378 e. The van der Waals surface area contributed by atoms with Gasteiger partial charge in [0, 0.05) is 6.04 Å². The number of hydrogen-bond acceptors (Lipinski definition) is 2. The Morgan fingerprint density at radius 1 is 1.29 bits per heavy atom. The second-order valence-electron chi connectivity index (χ2n) is 4.75. The summed E-state index contributed by atoms with van der Waals surface area (Å²) in [6.45, 7) is 6.64. The van der Waals surface area contributed by atoms with E-state index in [1.54, 1.807) is 0 Å². The van der Waals surface area contributed by atoms with Gasteiger partial charge >= 0.3 is 0 Å². The summed E-state index contributed by atoms with van der Waals surface area (Å²) in [5, 5.41) is 9.76. The number of rotatable bonds is 5. The maximum absolute atomic E-state index is 9.76. The van der Waals surface area contributed by atoms with Crippen LogP contribution in [-0.2, 0) is 0 Å². The molecule has 0 aromatic heterocycles. The summed E-state index contributed by atoms with van der Waals surface area (Å²) >= 11 is 0. The molecule has 0 aliphatic heterocycles. The first kappa shape index (κ1) is 12.0. The molecule has 1 fully saturated rings. The minimum absolute atomic E-state index is 0.244. The number of hydrogen-bond donors (Lipinski definition) is 1. The average Bonchev–Trinajstić information content (AvgIpc) is 2.14. The third-order valence-electron chi connectivity index (χ3n) is 4.02. The smallest absolute Gasteiger partial charge is 0.107 e. The summed E-state index contributed by atoms with van der Waals surface area (Å²) in [5.74, 6) is 1.62. The minimum Gasteiger partial charge on any atom is -0.378 e. The second-order valence-corrected chi connectivity index (χ2v) is 4.75. The summed E-state index contributed by atoms with van der Waals surface area (Å²) in [6.07, 6.45) is 4.47. The highest BCUT2D eigenvalue weighted by atomic mass is 16.3. The molecule has 0 aromatic carbocycles. The molecule has 0 spiro atoms. The van der Waals surface area contributed by atoms with Crippen molar-refractivity contribution in [2.24, 2.45) is 11.8 Å². The molecule has 0 heterocycles. The number of aliphatic hydroxyl groups is 1. The molecule has 2 heteroatoms. The van der Waals surface area contributed by atoms with Gasteiger partial charge in [0.05, 0.1) is 0 Å². The first-order chi connectivity index (χ1) is 6.61. The zero-order valence-electron chi connectivity index (χ0n) is 10.0. The Balaban J connectivity index is 2.45. The highest BCUT2D eigenvalue weighted by molar-refractivity contribution is 4.90. The van der Waals surface area contributed by atoms with E-state index in [-0.39, 0.29) is 6.23 Å². The van der Waals surface area contributed by atoms with Gasteiger partial charge in [-0.15, -0.1) is 0 Å². The van der Waals surface area contributed by atoms with Crippen LogP contribution < -0.4 is 0 Å². The summed E-state index contributed by atoms with van der Waals surface area (Å²) in [6, 6.07) is 0.625. The molecular formula is C12H25NO. The number of nitrogens with zero attached hydrogens (tertiary/aromatic N) is 1. The molecule has 0 bridgehead atoms. The van der Waals surface area contributed by atoms with E-state index in [9.17, 15) is 5.11 Å². The maximum Gasteiger partial charge on any atom is 0.107 e. The normalized spacial score (nSPS) is 31.3. The van der Waals surface area contributed by atoms with Gasteiger partial charge in [-0.2, -0.15) is 0 Å². The Morgan fingerprint density at radius 3 is 2.29 bits per heavy atom. The molecule has 1 saturated carbocycles. The van der Waals surface area contributed by atoms with Crippen LogP contribution >= 0.6 is 0 Å². The molecule has 0 radical (unpaired) electrons. The molecule has 0 saturated heterocycles. The molecule has 1 aliphatic rings. The average molecular weight is 199 g/mol. The summed E-state index contributed by atoms with van der Waals surface area (Å²) in [5.41, 5.74) is 0. The SMILES string of the molecule is CCC(C)C1CCC1N(C)C(O)CC. The third-order valence-corrected chi connectivity index (χ3v) is 4.02. The third kappa shape index (κ3) is 2.29. The standard InChI is InChI=1S/C12H25NO/c1-5-9(3)10-7-8-11(10)13(4)12(14)6-2/h9-12,14H,5-8H2,1-4H3. The molecule has 84 valence electrons. The van der Waals surface area contributed by atoms with Gasteiger partial charge in [-0.05, 0) is 38.1 Å². The van der Waals surface area contributed by atoms with Gasteiger partial charge in [0.25, 0.3) is 0 Å². The lowest BCUT2D eigenvalue weighted by atomic mass is 9.70. The first-order valence-electron chi connectivity index (χ1n) is 6.01. The quantitative estimate of drug-likeness (QED) is 0.688. The van der Waals surface area contributed by atoms with Crippen LogP contribution in [0.3, 0.4) is 0 Å². The Labute approximate surface area is 88.3 Å². The fourth-order valence-corrected chi connectivity index (χ4v) is 2.49. The molecule has 0 amide bonds. The Kier molecular flexibility index (Phi) is 4.39. The predicted molar refractivity (Wildman–Crippen MR) is 60.0 cm³/mol. The Hall–Kier alpha value is -0.0800. The van der Waals surface area contributed by atoms with Gasteiger partial charge in [-0.3, -0.25) is 4.90 Å². The van der Waals surface area contributed by atoms with E-state index in [0.29, 0.717) is 6.04 Å². The van der Waals surface area contributed by atoms with Crippen LogP contribution in [0.25, 0.3) is 0 Å². The van der Waals surface area contributed by atoms with Crippen LogP contribution in [0, 0.1) is 11.8 Å². The van der Waals surface area contributed by atoms with E-state index in [4.69, 9.17) is 0 Å². The van der Waals surface area contributed by atoms with Crippen LogP contribution in [0.5, 0.6) is 0 Å². The van der Waals surface area contributed by atoms with Crippen LogP contribution in [0.1, 0.15) is 46.5 Å². The fraction of sp³-hybridized carbons (Fsp3) is 1.00. The van der Waals surface area contributed by atoms with Crippen LogP contribution in [0.4, 0.5) is 0 Å². The van der Waals surface area contributed by atoms with Crippen LogP contribution in [-0.4, -0.2) is 29.3 Å². The molecule has 0 aromatic rings. The molecular weight excluding hydrogens is 174 g/mol. The molecule has 14 heavy (non-hydrogen) atoms. The second kappa shape index (κ2) is 5.13. The molecule has 4 unspecified atom stereocenters. The molecule has 1 aliphatic carbocycles. The highest BCUT2D eigenvalue weighted by Gasteiger charge is 2.38. The highest BCUT2D eigenvalue weighted by Crippen LogP contribution is 2.38. The molecule has 4 atom stereocenters. The van der Waals surface area contributed by atoms with Crippen LogP contribution in [0.15, 0.2) is 0 Å². The van der Waals surface area contributed by atoms with E-state index < -0.39 is 0 Å². The minimum atomic E-state index is -0.244. The van der Waals surface area contributed by atoms with E-state index in [2.05, 4.69) is 25.8 Å². The van der Waals surface area contributed by atoms with E-state index >= 15 is 0 Å². The zero-order valence-corrected chi connectivity index (χ0v) is 10.0. The Morgan fingerprint density at radius 2 is 1.93 bits per heavy atom. The van der Waals surface area contributed by atoms with E-state index in [1.807, 2.05) is 6.92 Å². The van der Waals surface area contributed by atoms with Gasteiger partial charge < -0.3 is 5.11 Å². The van der Waals surface area contributed by atoms with Crippen molar-refractivity contribution in [2.75, 3.05) is 7.05 Å². The van der Waals surface area contributed by atoms with Crippen molar-refractivity contribution in [3.05, 3.63) is 0 Å². The van der Waals surface area contributed by atoms with Crippen molar-refractivity contribution in [2.45, 2.75) is 58.7 Å². The van der Waals surface area contributed by atoms with Crippen molar-refractivity contribution >= 4 is 0 Å². The van der Waals surface area contributed by atoms with Gasteiger partial charge in [0.2, 0.25) is 0 Å². The molecule has 1 N–H and O–H groups in total. The lowest BCUT2D eigenvalue weighted by Gasteiger charge is -2.47. The van der Waals surface area contributed by atoms with Crippen molar-refractivity contribution in [3.63, 3.8) is 0 Å². The van der Waals surface area contributed by atoms with Gasteiger partial charge in [-0.1, -0.05) is 27.2 Å².